The second-order valence-corrected chi connectivity index (χ2v) is 8.25. The lowest BCUT2D eigenvalue weighted by atomic mass is 9.79. The maximum atomic E-state index is 9.72. The van der Waals surface area contributed by atoms with E-state index in [9.17, 15) is 5.26 Å². The van der Waals surface area contributed by atoms with Crippen LogP contribution in [0.4, 0.5) is 5.69 Å². The molecule has 0 saturated carbocycles. The number of aromatic amines is 1. The summed E-state index contributed by atoms with van der Waals surface area (Å²) in [5, 5.41) is 9.72. The lowest BCUT2D eigenvalue weighted by Gasteiger charge is -2.47. The molecule has 0 aliphatic carbocycles. The number of nitrogens with one attached hydrogen (secondary N) is 1. The highest BCUT2D eigenvalue weighted by molar-refractivity contribution is 5.90. The predicted molar refractivity (Wildman–Crippen MR) is 116 cm³/mol. The van der Waals surface area contributed by atoms with Crippen molar-refractivity contribution in [2.24, 2.45) is 0 Å². The number of H-pyrrole nitrogens is 1. The molecule has 2 aromatic carbocycles. The molecule has 0 amide bonds. The van der Waals surface area contributed by atoms with Crippen LogP contribution in [-0.4, -0.2) is 22.1 Å². The van der Waals surface area contributed by atoms with Gasteiger partial charge in [-0.05, 0) is 74.6 Å². The Kier molecular flexibility index (Phi) is 4.47. The van der Waals surface area contributed by atoms with Crippen LogP contribution in [0.15, 0.2) is 42.5 Å². The van der Waals surface area contributed by atoms with Crippen molar-refractivity contribution in [2.45, 2.75) is 45.6 Å². The number of benzene rings is 2. The smallest absolute Gasteiger partial charge is 0.149 e. The van der Waals surface area contributed by atoms with E-state index in [4.69, 9.17) is 0 Å². The molecule has 0 spiro atoms. The number of aromatic nitrogens is 2. The highest BCUT2D eigenvalue weighted by atomic mass is 15.2. The number of rotatable bonds is 3. The van der Waals surface area contributed by atoms with Gasteiger partial charge in [-0.1, -0.05) is 25.1 Å². The van der Waals surface area contributed by atoms with E-state index in [1.165, 1.54) is 11.3 Å². The number of hydrogen-bond donors (Lipinski definition) is 1. The van der Waals surface area contributed by atoms with E-state index in [1.54, 1.807) is 0 Å². The quantitative estimate of drug-likeness (QED) is 0.598. The summed E-state index contributed by atoms with van der Waals surface area (Å²) in [4.78, 5) is 10.3. The first-order chi connectivity index (χ1) is 13.4. The Morgan fingerprint density at radius 1 is 1.32 bits per heavy atom. The maximum Gasteiger partial charge on any atom is 0.149 e. The number of anilines is 1. The monoisotopic (exact) mass is 370 g/mol. The first-order valence-corrected chi connectivity index (χ1v) is 9.91. The highest BCUT2D eigenvalue weighted by Crippen LogP contribution is 2.43. The molecule has 0 bridgehead atoms. The normalized spacial score (nSPS) is 18.8. The first kappa shape index (κ1) is 18.3. The van der Waals surface area contributed by atoms with E-state index >= 15 is 0 Å². The van der Waals surface area contributed by atoms with Gasteiger partial charge in [-0.2, -0.15) is 5.26 Å². The van der Waals surface area contributed by atoms with Crippen LogP contribution in [0.3, 0.4) is 0 Å². The number of para-hydroxylation sites is 2. The van der Waals surface area contributed by atoms with Crippen molar-refractivity contribution in [2.75, 3.05) is 11.4 Å². The van der Waals surface area contributed by atoms with Gasteiger partial charge < -0.3 is 9.88 Å². The molecule has 1 aliphatic rings. The molecule has 1 aliphatic heterocycles. The van der Waals surface area contributed by atoms with E-state index in [-0.39, 0.29) is 5.54 Å². The summed E-state index contributed by atoms with van der Waals surface area (Å²) in [6.07, 6.45) is 3.05. The molecule has 4 heteroatoms. The average Bonchev–Trinajstić information content (AvgIpc) is 3.10. The van der Waals surface area contributed by atoms with Gasteiger partial charge in [0.05, 0.1) is 16.6 Å². The molecule has 1 aromatic heterocycles. The number of nitriles is 1. The fourth-order valence-electron chi connectivity index (χ4n) is 4.60. The van der Waals surface area contributed by atoms with Crippen LogP contribution in [0.25, 0.3) is 22.7 Å². The zero-order chi connectivity index (χ0) is 19.9. The minimum Gasteiger partial charge on any atom is -0.366 e. The van der Waals surface area contributed by atoms with Crippen LogP contribution in [0.2, 0.25) is 0 Å². The van der Waals surface area contributed by atoms with Crippen molar-refractivity contribution >= 4 is 28.4 Å². The van der Waals surface area contributed by atoms with Gasteiger partial charge in [0.2, 0.25) is 0 Å². The van der Waals surface area contributed by atoms with Crippen LogP contribution in [0.5, 0.6) is 0 Å². The third-order valence-corrected chi connectivity index (χ3v) is 5.80. The van der Waals surface area contributed by atoms with Crippen molar-refractivity contribution in [1.82, 2.24) is 9.97 Å². The summed E-state index contributed by atoms with van der Waals surface area (Å²) in [6.45, 7) is 10.1. The van der Waals surface area contributed by atoms with E-state index < -0.39 is 0 Å². The molecule has 4 rings (SSSR count). The molecule has 0 radical (unpaired) electrons. The van der Waals surface area contributed by atoms with Crippen LogP contribution in [0, 0.1) is 11.3 Å². The molecule has 0 fully saturated rings. The molecule has 1 N–H and O–H groups in total. The van der Waals surface area contributed by atoms with Crippen LogP contribution < -0.4 is 4.90 Å². The lowest BCUT2D eigenvalue weighted by molar-refractivity contribution is 0.381. The summed E-state index contributed by atoms with van der Waals surface area (Å²) in [5.41, 5.74) is 6.23. The van der Waals surface area contributed by atoms with Gasteiger partial charge in [0.1, 0.15) is 11.9 Å². The Bertz CT molecular complexity index is 1060. The molecule has 142 valence electrons. The van der Waals surface area contributed by atoms with E-state index in [0.29, 0.717) is 17.3 Å². The van der Waals surface area contributed by atoms with Gasteiger partial charge in [0, 0.05) is 17.8 Å². The van der Waals surface area contributed by atoms with Gasteiger partial charge in [-0.3, -0.25) is 0 Å². The lowest BCUT2D eigenvalue weighted by Crippen LogP contribution is -2.48. The Hall–Kier alpha value is -3.06. The number of imidazole rings is 1. The fourth-order valence-corrected chi connectivity index (χ4v) is 4.60. The largest absolute Gasteiger partial charge is 0.366 e. The predicted octanol–water partition coefficient (Wildman–Crippen LogP) is 5.74. The van der Waals surface area contributed by atoms with E-state index in [2.05, 4.69) is 66.8 Å². The van der Waals surface area contributed by atoms with Crippen LogP contribution >= 0.6 is 0 Å². The molecule has 28 heavy (non-hydrogen) atoms. The van der Waals surface area contributed by atoms with Gasteiger partial charge in [0.25, 0.3) is 0 Å². The molecule has 1 atom stereocenters. The van der Waals surface area contributed by atoms with Crippen molar-refractivity contribution in [3.05, 3.63) is 59.4 Å². The van der Waals surface area contributed by atoms with Gasteiger partial charge in [0.15, 0.2) is 0 Å². The molecule has 1 unspecified atom stereocenters. The number of nitrogens with zero attached hydrogens (tertiary/aromatic N) is 3. The third-order valence-electron chi connectivity index (χ3n) is 5.80. The Morgan fingerprint density at radius 3 is 2.82 bits per heavy atom. The standard InChI is InChI=1S/C24H26N4/c1-5-28-22-11-10-17(13-19(22)16(2)14-24(28,3)4)12-18(15-25)23-26-20-8-6-7-9-21(20)27-23/h6-13,16H,5,14H2,1-4H3,(H,26,27)/b18-12+. The molecule has 0 saturated heterocycles. The van der Waals surface area contributed by atoms with Crippen LogP contribution in [0.1, 0.15) is 57.0 Å². The second-order valence-electron chi connectivity index (χ2n) is 8.25. The molecule has 4 nitrogen and oxygen atoms in total. The summed E-state index contributed by atoms with van der Waals surface area (Å²) in [6, 6.07) is 16.7. The maximum absolute atomic E-state index is 9.72. The van der Waals surface area contributed by atoms with Gasteiger partial charge in [-0.25, -0.2) is 4.98 Å². The Balaban J connectivity index is 1.75. The number of fused-ring (bicyclic) bond motifs is 2. The van der Waals surface area contributed by atoms with Crippen LogP contribution in [-0.2, 0) is 0 Å². The minimum atomic E-state index is 0.157. The van der Waals surface area contributed by atoms with Crippen molar-refractivity contribution in [3.8, 4) is 6.07 Å². The zero-order valence-electron chi connectivity index (χ0n) is 17.0. The molecular formula is C24H26N4. The van der Waals surface area contributed by atoms with Crippen molar-refractivity contribution in [3.63, 3.8) is 0 Å². The third kappa shape index (κ3) is 3.07. The van der Waals surface area contributed by atoms with Crippen molar-refractivity contribution < 1.29 is 0 Å². The summed E-state index contributed by atoms with van der Waals surface area (Å²) in [7, 11) is 0. The highest BCUT2D eigenvalue weighted by Gasteiger charge is 2.35. The summed E-state index contributed by atoms with van der Waals surface area (Å²) in [5.74, 6) is 1.10. The zero-order valence-corrected chi connectivity index (χ0v) is 17.0. The topological polar surface area (TPSA) is 55.7 Å². The summed E-state index contributed by atoms with van der Waals surface area (Å²) < 4.78 is 0. The number of allylic oxidation sites excluding steroid dienone is 1. The van der Waals surface area contributed by atoms with E-state index in [1.807, 2.05) is 30.3 Å². The second kappa shape index (κ2) is 6.83. The average molecular weight is 371 g/mol. The molecule has 2 heterocycles. The van der Waals surface area contributed by atoms with E-state index in [0.717, 1.165) is 29.6 Å². The molecule has 3 aromatic rings. The molecular weight excluding hydrogens is 344 g/mol. The van der Waals surface area contributed by atoms with Gasteiger partial charge >= 0.3 is 0 Å². The Labute approximate surface area is 166 Å². The minimum absolute atomic E-state index is 0.157. The van der Waals surface area contributed by atoms with Crippen molar-refractivity contribution in [1.29, 1.82) is 5.26 Å². The summed E-state index contributed by atoms with van der Waals surface area (Å²) >= 11 is 0. The number of hydrogen-bond acceptors (Lipinski definition) is 3. The Morgan fingerprint density at radius 2 is 2.11 bits per heavy atom. The first-order valence-electron chi connectivity index (χ1n) is 9.91. The fraction of sp³-hybridized carbons (Fsp3) is 0.333. The SMILES string of the molecule is CCN1c2ccc(/C=C(\C#N)c3nc4ccccc4[nH]3)cc2C(C)CC1(C)C. The van der Waals surface area contributed by atoms with Gasteiger partial charge in [-0.15, -0.1) is 0 Å².